The SMILES string of the molecule is C=O.CC.CCC.COc1ccc(C(=O)Nc2cc(OC)c(C)cc2C(N)=O)cc1C. The molecule has 0 spiro atoms. The van der Waals surface area contributed by atoms with E-state index in [1.54, 1.807) is 44.4 Å². The third-order valence-electron chi connectivity index (χ3n) is 3.71. The number of anilines is 1. The number of carbonyl (C=O) groups excluding carboxylic acids is 3. The second-order valence-corrected chi connectivity index (χ2v) is 6.08. The van der Waals surface area contributed by atoms with Gasteiger partial charge < -0.3 is 25.3 Å². The second-order valence-electron chi connectivity index (χ2n) is 6.08. The molecule has 3 N–H and O–H groups in total. The third-order valence-corrected chi connectivity index (χ3v) is 3.71. The summed E-state index contributed by atoms with van der Waals surface area (Å²) in [6, 6.07) is 8.26. The van der Waals surface area contributed by atoms with Gasteiger partial charge in [0.2, 0.25) is 0 Å². The van der Waals surface area contributed by atoms with E-state index in [4.69, 9.17) is 20.0 Å². The maximum atomic E-state index is 12.5. The molecule has 2 aromatic rings. The van der Waals surface area contributed by atoms with E-state index in [2.05, 4.69) is 19.2 Å². The van der Waals surface area contributed by atoms with Gasteiger partial charge in [-0.3, -0.25) is 9.59 Å². The average molecular weight is 433 g/mol. The molecule has 0 aromatic heterocycles. The van der Waals surface area contributed by atoms with Crippen LogP contribution < -0.4 is 20.5 Å². The number of benzene rings is 2. The number of ether oxygens (including phenoxy) is 2. The van der Waals surface area contributed by atoms with Gasteiger partial charge in [0, 0.05) is 11.6 Å². The van der Waals surface area contributed by atoms with Crippen LogP contribution in [0.3, 0.4) is 0 Å². The van der Waals surface area contributed by atoms with Crippen LogP contribution in [0.15, 0.2) is 30.3 Å². The van der Waals surface area contributed by atoms with Crippen molar-refractivity contribution in [3.05, 3.63) is 52.6 Å². The van der Waals surface area contributed by atoms with E-state index < -0.39 is 5.91 Å². The topological polar surface area (TPSA) is 108 Å². The van der Waals surface area contributed by atoms with Crippen LogP contribution in [0.25, 0.3) is 0 Å². The Bertz CT molecular complexity index is 835. The number of methoxy groups -OCH3 is 2. The number of hydrogen-bond donors (Lipinski definition) is 2. The molecule has 172 valence electrons. The van der Waals surface area contributed by atoms with Gasteiger partial charge >= 0.3 is 0 Å². The maximum absolute atomic E-state index is 12.5. The molecule has 2 aromatic carbocycles. The smallest absolute Gasteiger partial charge is 0.255 e. The van der Waals surface area contributed by atoms with Gasteiger partial charge in [-0.15, -0.1) is 0 Å². The summed E-state index contributed by atoms with van der Waals surface area (Å²) in [6.07, 6.45) is 1.25. The van der Waals surface area contributed by atoms with E-state index >= 15 is 0 Å². The number of aryl methyl sites for hydroxylation is 2. The molecular formula is C24H36N2O5. The Balaban J connectivity index is 0. The Morgan fingerprint density at radius 2 is 1.42 bits per heavy atom. The first kappa shape index (κ1) is 29.8. The summed E-state index contributed by atoms with van der Waals surface area (Å²) in [7, 11) is 3.09. The summed E-state index contributed by atoms with van der Waals surface area (Å²) in [4.78, 5) is 32.1. The highest BCUT2D eigenvalue weighted by Crippen LogP contribution is 2.27. The van der Waals surface area contributed by atoms with Crippen LogP contribution in [0.5, 0.6) is 11.5 Å². The highest BCUT2D eigenvalue weighted by Gasteiger charge is 2.16. The van der Waals surface area contributed by atoms with Crippen molar-refractivity contribution in [2.45, 2.75) is 48.0 Å². The van der Waals surface area contributed by atoms with Gasteiger partial charge in [0.05, 0.1) is 25.5 Å². The Morgan fingerprint density at radius 1 is 0.935 bits per heavy atom. The van der Waals surface area contributed by atoms with Crippen molar-refractivity contribution >= 4 is 24.3 Å². The Hall–Kier alpha value is -3.35. The first-order chi connectivity index (χ1) is 14.8. The van der Waals surface area contributed by atoms with Gasteiger partial charge in [-0.25, -0.2) is 0 Å². The molecule has 0 aliphatic rings. The number of amides is 2. The fourth-order valence-corrected chi connectivity index (χ4v) is 2.43. The predicted molar refractivity (Wildman–Crippen MR) is 126 cm³/mol. The minimum atomic E-state index is -0.623. The molecule has 2 amide bonds. The summed E-state index contributed by atoms with van der Waals surface area (Å²) in [6.45, 7) is 13.9. The van der Waals surface area contributed by atoms with Gasteiger partial charge in [-0.2, -0.15) is 0 Å². The molecule has 7 heteroatoms. The van der Waals surface area contributed by atoms with Crippen LogP contribution in [-0.2, 0) is 4.79 Å². The minimum absolute atomic E-state index is 0.229. The second kappa shape index (κ2) is 16.4. The molecular weight excluding hydrogens is 396 g/mol. The first-order valence-corrected chi connectivity index (χ1v) is 10.0. The molecule has 0 aliphatic heterocycles. The van der Waals surface area contributed by atoms with E-state index in [9.17, 15) is 9.59 Å². The van der Waals surface area contributed by atoms with Crippen molar-refractivity contribution in [1.82, 2.24) is 0 Å². The van der Waals surface area contributed by atoms with Gasteiger partial charge in [0.25, 0.3) is 11.8 Å². The Labute approximate surface area is 185 Å². The number of rotatable bonds is 5. The molecule has 0 atom stereocenters. The molecule has 0 fully saturated rings. The summed E-state index contributed by atoms with van der Waals surface area (Å²) in [5.41, 5.74) is 7.98. The number of primary amides is 1. The van der Waals surface area contributed by atoms with E-state index in [1.165, 1.54) is 13.5 Å². The lowest BCUT2D eigenvalue weighted by Gasteiger charge is -2.14. The van der Waals surface area contributed by atoms with E-state index in [-0.39, 0.29) is 11.5 Å². The van der Waals surface area contributed by atoms with Crippen LogP contribution in [0, 0.1) is 13.8 Å². The fraction of sp³-hybridized carbons (Fsp3) is 0.375. The molecule has 0 bridgehead atoms. The van der Waals surface area contributed by atoms with Crippen molar-refractivity contribution < 1.29 is 23.9 Å². The molecule has 0 saturated heterocycles. The predicted octanol–water partition coefficient (Wildman–Crippen LogP) is 4.93. The number of nitrogens with two attached hydrogens (primary N) is 1. The largest absolute Gasteiger partial charge is 0.496 e. The highest BCUT2D eigenvalue weighted by molar-refractivity contribution is 6.09. The molecule has 0 aliphatic carbocycles. The zero-order valence-corrected chi connectivity index (χ0v) is 19.9. The Kier molecular flexibility index (Phi) is 15.8. The van der Waals surface area contributed by atoms with E-state index in [0.29, 0.717) is 22.7 Å². The van der Waals surface area contributed by atoms with Gasteiger partial charge in [-0.1, -0.05) is 34.1 Å². The molecule has 31 heavy (non-hydrogen) atoms. The average Bonchev–Trinajstić information content (AvgIpc) is 2.77. The fourth-order valence-electron chi connectivity index (χ4n) is 2.43. The quantitative estimate of drug-likeness (QED) is 0.696. The van der Waals surface area contributed by atoms with E-state index in [1.807, 2.05) is 27.6 Å². The molecule has 0 saturated carbocycles. The molecule has 7 nitrogen and oxygen atoms in total. The summed E-state index contributed by atoms with van der Waals surface area (Å²) >= 11 is 0. The van der Waals surface area contributed by atoms with Gasteiger partial charge in [-0.05, 0) is 49.2 Å². The number of nitrogens with one attached hydrogen (secondary N) is 1. The van der Waals surface area contributed by atoms with E-state index in [0.717, 1.165) is 11.1 Å². The summed E-state index contributed by atoms with van der Waals surface area (Å²) in [5, 5.41) is 2.71. The minimum Gasteiger partial charge on any atom is -0.496 e. The summed E-state index contributed by atoms with van der Waals surface area (Å²) < 4.78 is 10.4. The third kappa shape index (κ3) is 9.33. The molecule has 0 heterocycles. The molecule has 0 radical (unpaired) electrons. The van der Waals surface area contributed by atoms with Crippen molar-refractivity contribution in [3.63, 3.8) is 0 Å². The lowest BCUT2D eigenvalue weighted by atomic mass is 10.1. The molecule has 0 unspecified atom stereocenters. The zero-order valence-electron chi connectivity index (χ0n) is 19.9. The number of hydrogen-bond acceptors (Lipinski definition) is 5. The van der Waals surface area contributed by atoms with Crippen LogP contribution in [0.4, 0.5) is 5.69 Å². The van der Waals surface area contributed by atoms with Crippen LogP contribution >= 0.6 is 0 Å². The number of carbonyl (C=O) groups is 3. The first-order valence-electron chi connectivity index (χ1n) is 10.0. The van der Waals surface area contributed by atoms with Crippen LogP contribution in [0.1, 0.15) is 66.0 Å². The summed E-state index contributed by atoms with van der Waals surface area (Å²) in [5.74, 6) is 0.277. The standard InChI is InChI=1S/C18H20N2O4.C3H8.C2H6.CH2O/c1-10-7-12(5-6-15(10)23-3)18(22)20-14-9-16(24-4)11(2)8-13(14)17(19)21;1-3-2;2*1-2/h5-9H,1-4H3,(H2,19,21)(H,20,22);3H2,1-2H3;1-2H3;1H2. The normalized spacial score (nSPS) is 8.77. The Morgan fingerprint density at radius 3 is 1.84 bits per heavy atom. The van der Waals surface area contributed by atoms with Crippen LogP contribution in [-0.4, -0.2) is 32.8 Å². The van der Waals surface area contributed by atoms with Crippen molar-refractivity contribution in [2.24, 2.45) is 5.73 Å². The maximum Gasteiger partial charge on any atom is 0.255 e. The van der Waals surface area contributed by atoms with Gasteiger partial charge in [0.1, 0.15) is 18.3 Å². The lowest BCUT2D eigenvalue weighted by molar-refractivity contribution is -0.0980. The van der Waals surface area contributed by atoms with Crippen molar-refractivity contribution in [1.29, 1.82) is 0 Å². The lowest BCUT2D eigenvalue weighted by Crippen LogP contribution is -2.19. The van der Waals surface area contributed by atoms with Crippen LogP contribution in [0.2, 0.25) is 0 Å². The van der Waals surface area contributed by atoms with Gasteiger partial charge in [0.15, 0.2) is 0 Å². The highest BCUT2D eigenvalue weighted by atomic mass is 16.5. The zero-order chi connectivity index (χ0) is 24.6. The van der Waals surface area contributed by atoms with Crippen molar-refractivity contribution in [2.75, 3.05) is 19.5 Å². The van der Waals surface area contributed by atoms with Crippen molar-refractivity contribution in [3.8, 4) is 11.5 Å². The monoisotopic (exact) mass is 432 g/mol. The molecule has 2 rings (SSSR count).